The highest BCUT2D eigenvalue weighted by Gasteiger charge is 2.11. The van der Waals surface area contributed by atoms with Gasteiger partial charge in [0.2, 0.25) is 0 Å². The Morgan fingerprint density at radius 3 is 2.75 bits per heavy atom. The van der Waals surface area contributed by atoms with Crippen molar-refractivity contribution in [2.24, 2.45) is 5.10 Å². The third kappa shape index (κ3) is 3.23. The molecule has 102 valence electrons. The fraction of sp³-hybridized carbons (Fsp3) is 0.0833. The number of pyridine rings is 1. The van der Waals surface area contributed by atoms with Gasteiger partial charge in [0.15, 0.2) is 0 Å². The van der Waals surface area contributed by atoms with E-state index in [2.05, 4.69) is 15.5 Å². The van der Waals surface area contributed by atoms with Gasteiger partial charge in [0.1, 0.15) is 0 Å². The fourth-order valence-corrected chi connectivity index (χ4v) is 2.18. The molecule has 0 atom stereocenters. The average molecular weight is 290 g/mol. The minimum atomic E-state index is -0.469. The third-order valence-corrected chi connectivity index (χ3v) is 3.45. The molecule has 20 heavy (non-hydrogen) atoms. The second kappa shape index (κ2) is 6.02. The van der Waals surface area contributed by atoms with Crippen LogP contribution in [-0.4, -0.2) is 21.5 Å². The molecule has 0 unspecified atom stereocenters. The van der Waals surface area contributed by atoms with Crippen molar-refractivity contribution in [1.29, 1.82) is 0 Å². The van der Waals surface area contributed by atoms with Crippen LogP contribution in [0.25, 0.3) is 0 Å². The Labute approximate surface area is 118 Å². The molecule has 0 radical (unpaired) electrons. The molecule has 0 aliphatic rings. The average Bonchev–Trinajstić information content (AvgIpc) is 2.95. The second-order valence-corrected chi connectivity index (χ2v) is 4.71. The largest absolute Gasteiger partial charge is 0.280 e. The molecule has 1 amide bonds. The van der Waals surface area contributed by atoms with Gasteiger partial charge in [-0.25, -0.2) is 5.43 Å². The number of hydrogen-bond acceptors (Lipinski definition) is 6. The van der Waals surface area contributed by atoms with Crippen molar-refractivity contribution in [3.8, 4) is 0 Å². The molecule has 0 bridgehead atoms. The Bertz CT molecular complexity index is 666. The summed E-state index contributed by atoms with van der Waals surface area (Å²) in [7, 11) is 0. The molecule has 2 aromatic rings. The first-order valence-electron chi connectivity index (χ1n) is 5.56. The molecule has 2 heterocycles. The number of nitrogens with one attached hydrogen (secondary N) is 1. The lowest BCUT2D eigenvalue weighted by atomic mass is 10.2. The lowest BCUT2D eigenvalue weighted by Gasteiger charge is -2.00. The lowest BCUT2D eigenvalue weighted by molar-refractivity contribution is -0.384. The zero-order chi connectivity index (χ0) is 14.5. The summed E-state index contributed by atoms with van der Waals surface area (Å²) >= 11 is 1.20. The molecule has 7 nitrogen and oxygen atoms in total. The molecule has 8 heteroatoms. The van der Waals surface area contributed by atoms with E-state index in [4.69, 9.17) is 0 Å². The van der Waals surface area contributed by atoms with Gasteiger partial charge in [-0.05, 0) is 19.1 Å². The molecule has 1 N–H and O–H groups in total. The molecule has 0 saturated carbocycles. The van der Waals surface area contributed by atoms with Crippen molar-refractivity contribution in [3.63, 3.8) is 0 Å². The van der Waals surface area contributed by atoms with E-state index in [9.17, 15) is 14.9 Å². The summed E-state index contributed by atoms with van der Waals surface area (Å²) in [5, 5.41) is 15.9. The molecule has 0 aromatic carbocycles. The predicted octanol–water partition coefficient (Wildman–Crippen LogP) is 2.21. The van der Waals surface area contributed by atoms with Gasteiger partial charge < -0.3 is 0 Å². The zero-order valence-electron chi connectivity index (χ0n) is 10.4. The SMILES string of the molecule is CC(=NNC(=O)c1ccncc1)c1cc([N+](=O)[O-])cs1. The number of amides is 1. The quantitative estimate of drug-likeness (QED) is 0.530. The Hall–Kier alpha value is -2.61. The van der Waals surface area contributed by atoms with Crippen molar-refractivity contribution in [2.45, 2.75) is 6.92 Å². The van der Waals surface area contributed by atoms with Gasteiger partial charge in [0.25, 0.3) is 11.6 Å². The fourth-order valence-electron chi connectivity index (χ4n) is 1.37. The van der Waals surface area contributed by atoms with Gasteiger partial charge in [-0.2, -0.15) is 5.10 Å². The first-order valence-corrected chi connectivity index (χ1v) is 6.44. The Morgan fingerprint density at radius 2 is 2.15 bits per heavy atom. The van der Waals surface area contributed by atoms with E-state index >= 15 is 0 Å². The van der Waals surface area contributed by atoms with Gasteiger partial charge in [0, 0.05) is 24.0 Å². The maximum Gasteiger partial charge on any atom is 0.280 e. The van der Waals surface area contributed by atoms with Gasteiger partial charge in [0.05, 0.1) is 20.9 Å². The predicted molar refractivity (Wildman–Crippen MR) is 74.9 cm³/mol. The highest BCUT2D eigenvalue weighted by molar-refractivity contribution is 7.12. The van der Waals surface area contributed by atoms with Gasteiger partial charge in [-0.3, -0.25) is 19.9 Å². The summed E-state index contributed by atoms with van der Waals surface area (Å²) in [4.78, 5) is 26.3. The summed E-state index contributed by atoms with van der Waals surface area (Å²) in [6.07, 6.45) is 3.02. The first kappa shape index (κ1) is 13.8. The second-order valence-electron chi connectivity index (χ2n) is 3.80. The van der Waals surface area contributed by atoms with Crippen molar-refractivity contribution < 1.29 is 9.72 Å². The van der Waals surface area contributed by atoms with Crippen LogP contribution in [0.3, 0.4) is 0 Å². The monoisotopic (exact) mass is 290 g/mol. The number of nitrogens with zero attached hydrogens (tertiary/aromatic N) is 3. The molecule has 0 fully saturated rings. The number of carbonyl (C=O) groups is 1. The maximum absolute atomic E-state index is 11.7. The number of carbonyl (C=O) groups excluding carboxylic acids is 1. The lowest BCUT2D eigenvalue weighted by Crippen LogP contribution is -2.19. The highest BCUT2D eigenvalue weighted by atomic mass is 32.1. The van der Waals surface area contributed by atoms with E-state index in [0.29, 0.717) is 16.2 Å². The number of aromatic nitrogens is 1. The minimum Gasteiger partial charge on any atom is -0.267 e. The van der Waals surface area contributed by atoms with E-state index in [1.807, 2.05) is 0 Å². The minimum absolute atomic E-state index is 0.0139. The number of hydrazone groups is 1. The Kier molecular flexibility index (Phi) is 4.16. The third-order valence-electron chi connectivity index (χ3n) is 2.42. The zero-order valence-corrected chi connectivity index (χ0v) is 11.3. The van der Waals surface area contributed by atoms with Gasteiger partial charge >= 0.3 is 0 Å². The molecule has 0 saturated heterocycles. The first-order chi connectivity index (χ1) is 9.58. The summed E-state index contributed by atoms with van der Waals surface area (Å²) in [6, 6.07) is 4.55. The van der Waals surface area contributed by atoms with Crippen LogP contribution in [-0.2, 0) is 0 Å². The van der Waals surface area contributed by atoms with Crippen molar-refractivity contribution in [2.75, 3.05) is 0 Å². The molecule has 0 aliphatic heterocycles. The molecule has 0 aliphatic carbocycles. The molecule has 0 spiro atoms. The van der Waals surface area contributed by atoms with Crippen LogP contribution >= 0.6 is 11.3 Å². The number of nitro groups is 1. The number of hydrogen-bond donors (Lipinski definition) is 1. The van der Waals surface area contributed by atoms with Gasteiger partial charge in [-0.15, -0.1) is 11.3 Å². The van der Waals surface area contributed by atoms with E-state index < -0.39 is 4.92 Å². The van der Waals surface area contributed by atoms with Crippen LogP contribution in [0.15, 0.2) is 41.1 Å². The van der Waals surface area contributed by atoms with Crippen LogP contribution in [0, 0.1) is 10.1 Å². The molecule has 2 rings (SSSR count). The van der Waals surface area contributed by atoms with Crippen LogP contribution in [0.2, 0.25) is 0 Å². The van der Waals surface area contributed by atoms with Crippen molar-refractivity contribution >= 4 is 28.6 Å². The van der Waals surface area contributed by atoms with E-state index in [1.54, 1.807) is 19.1 Å². The maximum atomic E-state index is 11.7. The Morgan fingerprint density at radius 1 is 1.45 bits per heavy atom. The van der Waals surface area contributed by atoms with Crippen LogP contribution < -0.4 is 5.43 Å². The topological polar surface area (TPSA) is 97.5 Å². The summed E-state index contributed by atoms with van der Waals surface area (Å²) in [5.41, 5.74) is 3.35. The van der Waals surface area contributed by atoms with Crippen molar-refractivity contribution in [3.05, 3.63) is 56.5 Å². The van der Waals surface area contributed by atoms with Crippen LogP contribution in [0.5, 0.6) is 0 Å². The van der Waals surface area contributed by atoms with Crippen LogP contribution in [0.1, 0.15) is 22.2 Å². The van der Waals surface area contributed by atoms with Gasteiger partial charge in [-0.1, -0.05) is 0 Å². The van der Waals surface area contributed by atoms with Crippen LogP contribution in [0.4, 0.5) is 5.69 Å². The summed E-state index contributed by atoms with van der Waals surface area (Å²) in [5.74, 6) is -0.363. The normalized spacial score (nSPS) is 11.2. The van der Waals surface area contributed by atoms with E-state index in [1.165, 1.54) is 35.2 Å². The number of thiophene rings is 1. The standard InChI is InChI=1S/C12H10N4O3S/c1-8(11-6-10(7-20-11)16(18)19)14-15-12(17)9-2-4-13-5-3-9/h2-7H,1H3,(H,15,17). The van der Waals surface area contributed by atoms with E-state index in [-0.39, 0.29) is 11.6 Å². The summed E-state index contributed by atoms with van der Waals surface area (Å²) < 4.78 is 0. The summed E-state index contributed by atoms with van der Waals surface area (Å²) in [6.45, 7) is 1.67. The smallest absolute Gasteiger partial charge is 0.267 e. The highest BCUT2D eigenvalue weighted by Crippen LogP contribution is 2.21. The van der Waals surface area contributed by atoms with Crippen molar-refractivity contribution in [1.82, 2.24) is 10.4 Å². The molecular weight excluding hydrogens is 280 g/mol. The van der Waals surface area contributed by atoms with E-state index in [0.717, 1.165) is 0 Å². The number of rotatable bonds is 4. The Balaban J connectivity index is 2.07. The molecule has 2 aromatic heterocycles. The molecular formula is C12H10N4O3S.